The Morgan fingerprint density at radius 3 is 2.73 bits per heavy atom. The molecule has 0 aliphatic carbocycles. The van der Waals surface area contributed by atoms with Gasteiger partial charge in [-0.2, -0.15) is 0 Å². The Hall–Kier alpha value is -0.800. The molecule has 15 heavy (non-hydrogen) atoms. The number of benzene rings is 1. The van der Waals surface area contributed by atoms with Crippen LogP contribution in [0.1, 0.15) is 10.5 Å². The second kappa shape index (κ2) is 3.99. The van der Waals surface area contributed by atoms with Crippen LogP contribution in [-0.4, -0.2) is 16.2 Å². The molecule has 0 saturated carbocycles. The number of hydrogen-bond acceptors (Lipinski definition) is 1. The van der Waals surface area contributed by atoms with Crippen molar-refractivity contribution in [2.75, 3.05) is 5.88 Å². The lowest BCUT2D eigenvalue weighted by molar-refractivity contribution is 0.101. The van der Waals surface area contributed by atoms with Gasteiger partial charge in [-0.15, -0.1) is 11.6 Å². The fraction of sp³-hybridized carbons (Fsp3) is 0.182. The Bertz CT molecular complexity index is 494. The van der Waals surface area contributed by atoms with Gasteiger partial charge in [-0.05, 0) is 22.0 Å². The van der Waals surface area contributed by atoms with Crippen molar-refractivity contribution in [3.05, 3.63) is 34.4 Å². The number of fused-ring (bicyclic) bond motifs is 1. The molecule has 0 radical (unpaired) electrons. The van der Waals surface area contributed by atoms with Crippen molar-refractivity contribution in [3.8, 4) is 0 Å². The minimum Gasteiger partial charge on any atom is -0.340 e. The fourth-order valence-corrected chi connectivity index (χ4v) is 2.67. The van der Waals surface area contributed by atoms with E-state index >= 15 is 0 Å². The number of aryl methyl sites for hydroxylation is 1. The predicted molar refractivity (Wildman–Crippen MR) is 65.7 cm³/mol. The van der Waals surface area contributed by atoms with Crippen molar-refractivity contribution in [2.45, 2.75) is 0 Å². The zero-order valence-corrected chi connectivity index (χ0v) is 10.5. The Morgan fingerprint density at radius 2 is 2.13 bits per heavy atom. The smallest absolute Gasteiger partial charge is 0.195 e. The molecule has 1 heterocycles. The monoisotopic (exact) mass is 285 g/mol. The third kappa shape index (κ3) is 1.60. The lowest BCUT2D eigenvalue weighted by atomic mass is 10.2. The third-order valence-corrected chi connectivity index (χ3v) is 3.48. The molecule has 0 spiro atoms. The summed E-state index contributed by atoms with van der Waals surface area (Å²) in [6.45, 7) is 0. The minimum atomic E-state index is -0.0674. The maximum absolute atomic E-state index is 11.6. The molecule has 0 aliphatic heterocycles. The predicted octanol–water partition coefficient (Wildman–Crippen LogP) is 3.36. The second-order valence-electron chi connectivity index (χ2n) is 3.30. The topological polar surface area (TPSA) is 22.0 Å². The molecule has 0 N–H and O–H groups in total. The number of halogens is 2. The van der Waals surface area contributed by atoms with Gasteiger partial charge in [0.05, 0.1) is 10.4 Å². The summed E-state index contributed by atoms with van der Waals surface area (Å²) in [6.07, 6.45) is 0. The van der Waals surface area contributed by atoms with Crippen molar-refractivity contribution >= 4 is 44.2 Å². The maximum Gasteiger partial charge on any atom is 0.195 e. The average Bonchev–Trinajstić information content (AvgIpc) is 2.52. The number of hydrogen-bond donors (Lipinski definition) is 0. The quantitative estimate of drug-likeness (QED) is 0.613. The molecule has 0 fully saturated rings. The third-order valence-electron chi connectivity index (χ3n) is 2.43. The van der Waals surface area contributed by atoms with E-state index in [-0.39, 0.29) is 11.7 Å². The number of carbonyl (C=O) groups excluding carboxylic acids is 1. The number of carbonyl (C=O) groups is 1. The van der Waals surface area contributed by atoms with Crippen LogP contribution in [-0.2, 0) is 7.05 Å². The van der Waals surface area contributed by atoms with E-state index in [0.717, 1.165) is 15.4 Å². The van der Waals surface area contributed by atoms with Gasteiger partial charge in [0.1, 0.15) is 5.69 Å². The minimum absolute atomic E-state index is 0.00274. The highest BCUT2D eigenvalue weighted by molar-refractivity contribution is 9.10. The average molecular weight is 287 g/mol. The molecular formula is C11H9BrClNO. The molecule has 4 heteroatoms. The molecule has 0 saturated heterocycles. The standard InChI is InChI=1S/C11H9BrClNO/c1-14-8-5-3-2-4-7(8)10(12)11(14)9(15)6-13/h2-5H,6H2,1H3. The van der Waals surface area contributed by atoms with E-state index in [2.05, 4.69) is 15.9 Å². The Kier molecular flexibility index (Phi) is 2.85. The summed E-state index contributed by atoms with van der Waals surface area (Å²) in [7, 11) is 1.87. The molecule has 0 unspecified atom stereocenters. The SMILES string of the molecule is Cn1c(C(=O)CCl)c(Br)c2ccccc21. The van der Waals surface area contributed by atoms with E-state index < -0.39 is 0 Å². The summed E-state index contributed by atoms with van der Waals surface area (Å²) in [4.78, 5) is 11.6. The molecule has 2 nitrogen and oxygen atoms in total. The zero-order chi connectivity index (χ0) is 11.0. The molecule has 2 aromatic rings. The van der Waals surface area contributed by atoms with Gasteiger partial charge in [-0.1, -0.05) is 18.2 Å². The second-order valence-corrected chi connectivity index (χ2v) is 4.36. The normalized spacial score (nSPS) is 10.9. The van der Waals surface area contributed by atoms with Gasteiger partial charge in [0, 0.05) is 18.0 Å². The Morgan fingerprint density at radius 1 is 1.47 bits per heavy atom. The largest absolute Gasteiger partial charge is 0.340 e. The number of nitrogens with zero attached hydrogens (tertiary/aromatic N) is 1. The van der Waals surface area contributed by atoms with Gasteiger partial charge in [0.15, 0.2) is 5.78 Å². The summed E-state index contributed by atoms with van der Waals surface area (Å²) < 4.78 is 2.69. The van der Waals surface area contributed by atoms with Gasteiger partial charge in [-0.3, -0.25) is 4.79 Å². The first-order valence-corrected chi connectivity index (χ1v) is 5.81. The van der Waals surface area contributed by atoms with Crippen LogP contribution < -0.4 is 0 Å². The van der Waals surface area contributed by atoms with Gasteiger partial charge in [0.2, 0.25) is 0 Å². The maximum atomic E-state index is 11.6. The first-order valence-electron chi connectivity index (χ1n) is 4.49. The highest BCUT2D eigenvalue weighted by atomic mass is 79.9. The lowest BCUT2D eigenvalue weighted by Crippen LogP contribution is -2.07. The number of aromatic nitrogens is 1. The molecule has 0 atom stereocenters. The molecule has 1 aromatic carbocycles. The molecule has 0 bridgehead atoms. The van der Waals surface area contributed by atoms with Crippen molar-refractivity contribution < 1.29 is 4.79 Å². The highest BCUT2D eigenvalue weighted by Crippen LogP contribution is 2.30. The molecule has 2 rings (SSSR count). The van der Waals surface area contributed by atoms with Crippen molar-refractivity contribution in [1.82, 2.24) is 4.57 Å². The first-order chi connectivity index (χ1) is 7.16. The molecule has 0 aliphatic rings. The van der Waals surface area contributed by atoms with Crippen LogP contribution in [0, 0.1) is 0 Å². The number of rotatable bonds is 2. The van der Waals surface area contributed by atoms with Gasteiger partial charge in [0.25, 0.3) is 0 Å². The molecule has 0 amide bonds. The summed E-state index contributed by atoms with van der Waals surface area (Å²) in [5.41, 5.74) is 1.66. The van der Waals surface area contributed by atoms with Crippen molar-refractivity contribution in [1.29, 1.82) is 0 Å². The highest BCUT2D eigenvalue weighted by Gasteiger charge is 2.17. The number of alkyl halides is 1. The summed E-state index contributed by atoms with van der Waals surface area (Å²) in [5, 5.41) is 1.04. The number of ketones is 1. The summed E-state index contributed by atoms with van der Waals surface area (Å²) in [5.74, 6) is -0.0646. The Balaban J connectivity index is 2.81. The van der Waals surface area contributed by atoms with Crippen LogP contribution in [0.5, 0.6) is 0 Å². The van der Waals surface area contributed by atoms with Crippen LogP contribution in [0.4, 0.5) is 0 Å². The van der Waals surface area contributed by atoms with Crippen LogP contribution in [0.3, 0.4) is 0 Å². The summed E-state index contributed by atoms with van der Waals surface area (Å²) in [6, 6.07) is 7.85. The molecule has 78 valence electrons. The lowest BCUT2D eigenvalue weighted by Gasteiger charge is -2.00. The van der Waals surface area contributed by atoms with E-state index in [4.69, 9.17) is 11.6 Å². The number of Topliss-reactive ketones (excluding diaryl/α,β-unsaturated/α-hetero) is 1. The van der Waals surface area contributed by atoms with Crippen LogP contribution in [0.15, 0.2) is 28.7 Å². The molecular weight excluding hydrogens is 277 g/mol. The summed E-state index contributed by atoms with van der Waals surface area (Å²) >= 11 is 9.02. The van der Waals surface area contributed by atoms with Crippen LogP contribution >= 0.6 is 27.5 Å². The zero-order valence-electron chi connectivity index (χ0n) is 8.13. The van der Waals surface area contributed by atoms with E-state index in [1.54, 1.807) is 0 Å². The van der Waals surface area contributed by atoms with E-state index in [1.165, 1.54) is 0 Å². The molecule has 1 aromatic heterocycles. The van der Waals surface area contributed by atoms with Crippen molar-refractivity contribution in [3.63, 3.8) is 0 Å². The van der Waals surface area contributed by atoms with E-state index in [1.807, 2.05) is 35.9 Å². The Labute approximate surface area is 101 Å². The fourth-order valence-electron chi connectivity index (χ4n) is 1.72. The first kappa shape index (κ1) is 10.7. The van der Waals surface area contributed by atoms with Crippen molar-refractivity contribution in [2.24, 2.45) is 7.05 Å². The van der Waals surface area contributed by atoms with Gasteiger partial charge < -0.3 is 4.57 Å². The van der Waals surface area contributed by atoms with E-state index in [0.29, 0.717) is 5.69 Å². The van der Waals surface area contributed by atoms with Crippen LogP contribution in [0.2, 0.25) is 0 Å². The van der Waals surface area contributed by atoms with Crippen LogP contribution in [0.25, 0.3) is 10.9 Å². The van der Waals surface area contributed by atoms with Gasteiger partial charge in [-0.25, -0.2) is 0 Å². The van der Waals surface area contributed by atoms with Gasteiger partial charge >= 0.3 is 0 Å². The number of para-hydroxylation sites is 1. The van der Waals surface area contributed by atoms with E-state index in [9.17, 15) is 4.79 Å².